The lowest BCUT2D eigenvalue weighted by atomic mass is 10.3. The Morgan fingerprint density at radius 3 is 3.00 bits per heavy atom. The van der Waals surface area contributed by atoms with Crippen LogP contribution in [-0.2, 0) is 6.54 Å². The molecule has 0 aromatic carbocycles. The summed E-state index contributed by atoms with van der Waals surface area (Å²) in [6.45, 7) is 3.02. The second-order valence-corrected chi connectivity index (χ2v) is 1.89. The fourth-order valence-electron chi connectivity index (χ4n) is 0.590. The smallest absolute Gasteiger partial charge is 0.162 e. The summed E-state index contributed by atoms with van der Waals surface area (Å²) in [6.07, 6.45) is 3.74. The lowest BCUT2D eigenvalue weighted by Gasteiger charge is -1.92. The topological polar surface area (TPSA) is 43.6 Å². The molecule has 0 atom stereocenters. The monoisotopic (exact) mass is 126 g/mol. The van der Waals surface area contributed by atoms with Crippen molar-refractivity contribution in [1.82, 2.24) is 20.2 Å². The number of tetrazole rings is 1. The molecular weight excluding hydrogens is 116 g/mol. The lowest BCUT2D eigenvalue weighted by Crippen LogP contribution is -2.01. The molecule has 4 heteroatoms. The highest BCUT2D eigenvalue weighted by atomic mass is 15.6. The van der Waals surface area contributed by atoms with Crippen LogP contribution >= 0.6 is 0 Å². The van der Waals surface area contributed by atoms with Gasteiger partial charge in [-0.05, 0) is 11.6 Å². The van der Waals surface area contributed by atoms with E-state index in [1.807, 2.05) is 0 Å². The molecule has 1 aromatic heterocycles. The second kappa shape index (κ2) is 3.17. The summed E-state index contributed by atoms with van der Waals surface area (Å²) in [4.78, 5) is 1.60. The Balaban J connectivity index is 2.30. The molecule has 1 heterocycles. The Bertz CT molecular complexity index is 146. The van der Waals surface area contributed by atoms with Crippen LogP contribution in [0.2, 0.25) is 0 Å². The maximum Gasteiger partial charge on any atom is 0.162 e. The normalized spacial score (nSPS) is 9.89. The predicted octanol–water partition coefficient (Wildman–Crippen LogP) is 0.473. The third kappa shape index (κ3) is 1.79. The van der Waals surface area contributed by atoms with Gasteiger partial charge < -0.3 is 0 Å². The molecule has 9 heavy (non-hydrogen) atoms. The van der Waals surface area contributed by atoms with Gasteiger partial charge in [-0.25, -0.2) is 0 Å². The Morgan fingerprint density at radius 2 is 2.44 bits per heavy atom. The fourth-order valence-corrected chi connectivity index (χ4v) is 0.590. The molecule has 0 aliphatic heterocycles. The minimum Gasteiger partial charge on any atom is -0.164 e. The molecule has 0 fully saturated rings. The van der Waals surface area contributed by atoms with E-state index >= 15 is 0 Å². The molecule has 0 aliphatic carbocycles. The molecule has 1 rings (SSSR count). The number of nitrogens with zero attached hydrogens (tertiary/aromatic N) is 4. The molecule has 1 aromatic rings. The van der Waals surface area contributed by atoms with Crippen LogP contribution in [0.3, 0.4) is 0 Å². The zero-order chi connectivity index (χ0) is 6.53. The van der Waals surface area contributed by atoms with Gasteiger partial charge in [-0.2, -0.15) is 4.80 Å². The van der Waals surface area contributed by atoms with Crippen molar-refractivity contribution in [3.63, 3.8) is 0 Å². The SMILES string of the molecule is CCCCn1ncnn1. The Hall–Kier alpha value is -0.930. The van der Waals surface area contributed by atoms with Crippen LogP contribution < -0.4 is 0 Å². The van der Waals surface area contributed by atoms with Gasteiger partial charge in [0.2, 0.25) is 0 Å². The second-order valence-electron chi connectivity index (χ2n) is 1.89. The van der Waals surface area contributed by atoms with Gasteiger partial charge in [0, 0.05) is 0 Å². The molecule has 0 amide bonds. The summed E-state index contributed by atoms with van der Waals surface area (Å²) in [5.74, 6) is 0. The fraction of sp³-hybridized carbons (Fsp3) is 0.800. The van der Waals surface area contributed by atoms with E-state index in [1.165, 1.54) is 12.7 Å². The average molecular weight is 126 g/mol. The molecule has 0 unspecified atom stereocenters. The maximum absolute atomic E-state index is 3.85. The van der Waals surface area contributed by atoms with E-state index in [9.17, 15) is 0 Å². The average Bonchev–Trinajstić information content (AvgIpc) is 2.34. The highest BCUT2D eigenvalue weighted by Gasteiger charge is 1.88. The van der Waals surface area contributed by atoms with Crippen LogP contribution in [0.25, 0.3) is 0 Å². The van der Waals surface area contributed by atoms with Crippen molar-refractivity contribution in [1.29, 1.82) is 0 Å². The summed E-state index contributed by atoms with van der Waals surface area (Å²) in [5.41, 5.74) is 0. The highest BCUT2D eigenvalue weighted by Crippen LogP contribution is 1.87. The zero-order valence-corrected chi connectivity index (χ0v) is 5.49. The molecule has 0 aliphatic rings. The number of unbranched alkanes of at least 4 members (excludes halogenated alkanes) is 1. The minimum atomic E-state index is 0.885. The molecule has 0 spiro atoms. The van der Waals surface area contributed by atoms with Crippen LogP contribution in [0, 0.1) is 0 Å². The van der Waals surface area contributed by atoms with Crippen LogP contribution in [0.5, 0.6) is 0 Å². The molecule has 0 bridgehead atoms. The Morgan fingerprint density at radius 1 is 1.56 bits per heavy atom. The number of aromatic nitrogens is 4. The van der Waals surface area contributed by atoms with Crippen molar-refractivity contribution in [2.24, 2.45) is 0 Å². The van der Waals surface area contributed by atoms with Gasteiger partial charge >= 0.3 is 0 Å². The third-order valence-electron chi connectivity index (χ3n) is 1.10. The van der Waals surface area contributed by atoms with Gasteiger partial charge in [-0.3, -0.25) is 0 Å². The molecule has 0 saturated heterocycles. The van der Waals surface area contributed by atoms with Crippen molar-refractivity contribution >= 4 is 0 Å². The number of hydrogen-bond donors (Lipinski definition) is 0. The first kappa shape index (κ1) is 6.19. The van der Waals surface area contributed by atoms with Gasteiger partial charge in [-0.15, -0.1) is 10.2 Å². The van der Waals surface area contributed by atoms with Gasteiger partial charge in [0.15, 0.2) is 6.33 Å². The largest absolute Gasteiger partial charge is 0.164 e. The predicted molar refractivity (Wildman–Crippen MR) is 32.7 cm³/mol. The van der Waals surface area contributed by atoms with Crippen molar-refractivity contribution < 1.29 is 0 Å². The first-order chi connectivity index (χ1) is 4.43. The first-order valence-corrected chi connectivity index (χ1v) is 3.14. The van der Waals surface area contributed by atoms with Gasteiger partial charge in [-0.1, -0.05) is 13.3 Å². The molecule has 0 radical (unpaired) electrons. The van der Waals surface area contributed by atoms with Crippen molar-refractivity contribution in [2.75, 3.05) is 0 Å². The summed E-state index contributed by atoms with van der Waals surface area (Å²) in [6, 6.07) is 0. The quantitative estimate of drug-likeness (QED) is 0.591. The molecule has 0 N–H and O–H groups in total. The summed E-state index contributed by atoms with van der Waals surface area (Å²) in [7, 11) is 0. The van der Waals surface area contributed by atoms with E-state index < -0.39 is 0 Å². The number of aryl methyl sites for hydroxylation is 1. The molecule has 50 valence electrons. The van der Waals surface area contributed by atoms with E-state index in [0.29, 0.717) is 0 Å². The summed E-state index contributed by atoms with van der Waals surface area (Å²) >= 11 is 0. The van der Waals surface area contributed by atoms with Gasteiger partial charge in [0.1, 0.15) is 0 Å². The van der Waals surface area contributed by atoms with E-state index in [1.54, 1.807) is 4.80 Å². The third-order valence-corrected chi connectivity index (χ3v) is 1.10. The molecule has 4 nitrogen and oxygen atoms in total. The van der Waals surface area contributed by atoms with E-state index in [2.05, 4.69) is 22.3 Å². The van der Waals surface area contributed by atoms with Crippen LogP contribution in [0.15, 0.2) is 6.33 Å². The summed E-state index contributed by atoms with van der Waals surface area (Å²) in [5, 5.41) is 11.1. The van der Waals surface area contributed by atoms with Crippen LogP contribution in [0.1, 0.15) is 19.8 Å². The van der Waals surface area contributed by atoms with Crippen molar-refractivity contribution in [3.05, 3.63) is 6.33 Å². The lowest BCUT2D eigenvalue weighted by molar-refractivity contribution is 0.496. The van der Waals surface area contributed by atoms with Crippen LogP contribution in [0.4, 0.5) is 0 Å². The van der Waals surface area contributed by atoms with Gasteiger partial charge in [0.25, 0.3) is 0 Å². The zero-order valence-electron chi connectivity index (χ0n) is 5.49. The molecule has 0 saturated carbocycles. The number of hydrogen-bond acceptors (Lipinski definition) is 3. The maximum atomic E-state index is 3.85. The highest BCUT2D eigenvalue weighted by molar-refractivity contribution is 4.39. The van der Waals surface area contributed by atoms with E-state index in [0.717, 1.165) is 13.0 Å². The number of rotatable bonds is 3. The Kier molecular flexibility index (Phi) is 2.18. The van der Waals surface area contributed by atoms with Crippen LogP contribution in [-0.4, -0.2) is 20.2 Å². The van der Waals surface area contributed by atoms with E-state index in [-0.39, 0.29) is 0 Å². The minimum absolute atomic E-state index is 0.885. The standard InChI is InChI=1S/C5H10N4/c1-2-3-4-9-7-5-6-8-9/h5H,2-4H2,1H3. The summed E-state index contributed by atoms with van der Waals surface area (Å²) < 4.78 is 0. The van der Waals surface area contributed by atoms with Crippen molar-refractivity contribution in [2.45, 2.75) is 26.3 Å². The van der Waals surface area contributed by atoms with E-state index in [4.69, 9.17) is 0 Å². The molecular formula is C5H10N4. The van der Waals surface area contributed by atoms with Gasteiger partial charge in [0.05, 0.1) is 6.54 Å². The Labute approximate surface area is 53.9 Å². The first-order valence-electron chi connectivity index (χ1n) is 3.14. The van der Waals surface area contributed by atoms with Crippen molar-refractivity contribution in [3.8, 4) is 0 Å².